The van der Waals surface area contributed by atoms with Crippen LogP contribution in [0.3, 0.4) is 0 Å². The van der Waals surface area contributed by atoms with Gasteiger partial charge in [0.1, 0.15) is 0 Å². The SMILES string of the molecule is C.CN1CCCCC1.CN1CCCCC1. The Bertz CT molecular complexity index is 108. The van der Waals surface area contributed by atoms with Crippen LogP contribution in [0.25, 0.3) is 0 Å². The standard InChI is InChI=1S/2C6H13N.CH4/c2*1-7-5-3-2-4-6-7;/h2*2-6H2,1H3;1H4. The summed E-state index contributed by atoms with van der Waals surface area (Å²) in [5.74, 6) is 0. The number of likely N-dealkylation sites (tertiary alicyclic amines) is 2. The molecule has 0 atom stereocenters. The molecule has 2 aliphatic rings. The van der Waals surface area contributed by atoms with Crippen molar-refractivity contribution in [1.82, 2.24) is 9.80 Å². The summed E-state index contributed by atoms with van der Waals surface area (Å²) >= 11 is 0. The van der Waals surface area contributed by atoms with Gasteiger partial charge in [-0.3, -0.25) is 0 Å². The molecule has 0 aromatic rings. The molecule has 0 saturated carbocycles. The van der Waals surface area contributed by atoms with Gasteiger partial charge in [0.15, 0.2) is 0 Å². The smallest absolute Gasteiger partial charge is 0.00218 e. The maximum atomic E-state index is 2.39. The molecular weight excluding hydrogens is 184 g/mol. The molecule has 0 amide bonds. The monoisotopic (exact) mass is 214 g/mol. The number of hydrogen-bond donors (Lipinski definition) is 0. The van der Waals surface area contributed by atoms with E-state index in [1.165, 1.54) is 64.7 Å². The van der Waals surface area contributed by atoms with Crippen molar-refractivity contribution < 1.29 is 0 Å². The summed E-state index contributed by atoms with van der Waals surface area (Å²) in [6, 6.07) is 0. The van der Waals surface area contributed by atoms with Crippen molar-refractivity contribution in [3.8, 4) is 0 Å². The van der Waals surface area contributed by atoms with Crippen LogP contribution in [0, 0.1) is 0 Å². The molecule has 2 saturated heterocycles. The van der Waals surface area contributed by atoms with Gasteiger partial charge in [-0.15, -0.1) is 0 Å². The largest absolute Gasteiger partial charge is 0.306 e. The van der Waals surface area contributed by atoms with E-state index in [2.05, 4.69) is 23.9 Å². The third-order valence-corrected chi connectivity index (χ3v) is 3.16. The van der Waals surface area contributed by atoms with E-state index in [4.69, 9.17) is 0 Å². The average Bonchev–Trinajstić information content (AvgIpc) is 2.21. The molecule has 0 spiro atoms. The van der Waals surface area contributed by atoms with E-state index in [9.17, 15) is 0 Å². The number of hydrogen-bond acceptors (Lipinski definition) is 2. The molecule has 0 aromatic carbocycles. The first-order valence-corrected chi connectivity index (χ1v) is 6.16. The lowest BCUT2D eigenvalue weighted by Crippen LogP contribution is -2.24. The zero-order valence-electron chi connectivity index (χ0n) is 9.97. The Morgan fingerprint density at radius 2 is 0.800 bits per heavy atom. The van der Waals surface area contributed by atoms with E-state index in [0.29, 0.717) is 0 Å². The quantitative estimate of drug-likeness (QED) is 0.612. The van der Waals surface area contributed by atoms with Gasteiger partial charge >= 0.3 is 0 Å². The van der Waals surface area contributed by atoms with E-state index < -0.39 is 0 Å². The summed E-state index contributed by atoms with van der Waals surface area (Å²) in [5.41, 5.74) is 0. The molecule has 2 aliphatic heterocycles. The van der Waals surface area contributed by atoms with Crippen LogP contribution in [0.5, 0.6) is 0 Å². The van der Waals surface area contributed by atoms with Crippen molar-refractivity contribution in [1.29, 1.82) is 0 Å². The maximum absolute atomic E-state index is 2.39. The molecule has 0 aromatic heterocycles. The average molecular weight is 214 g/mol. The summed E-state index contributed by atoms with van der Waals surface area (Å²) in [6.07, 6.45) is 8.55. The van der Waals surface area contributed by atoms with Crippen molar-refractivity contribution in [2.75, 3.05) is 40.3 Å². The zero-order valence-corrected chi connectivity index (χ0v) is 9.97. The minimum atomic E-state index is 0. The van der Waals surface area contributed by atoms with Gasteiger partial charge in [-0.25, -0.2) is 0 Å². The second kappa shape index (κ2) is 9.17. The van der Waals surface area contributed by atoms with Gasteiger partial charge in [-0.05, 0) is 66.0 Å². The van der Waals surface area contributed by atoms with Crippen LogP contribution < -0.4 is 0 Å². The highest BCUT2D eigenvalue weighted by molar-refractivity contribution is 4.58. The molecule has 0 unspecified atom stereocenters. The Morgan fingerprint density at radius 3 is 0.933 bits per heavy atom. The minimum Gasteiger partial charge on any atom is -0.306 e. The third-order valence-electron chi connectivity index (χ3n) is 3.16. The topological polar surface area (TPSA) is 6.48 Å². The second-order valence-electron chi connectivity index (χ2n) is 4.73. The summed E-state index contributed by atoms with van der Waals surface area (Å²) in [6.45, 7) is 5.28. The molecular formula is C13H30N2. The van der Waals surface area contributed by atoms with Gasteiger partial charge in [0.25, 0.3) is 0 Å². The summed E-state index contributed by atoms with van der Waals surface area (Å²) in [5, 5.41) is 0. The first kappa shape index (κ1) is 14.9. The van der Waals surface area contributed by atoms with Crippen molar-refractivity contribution >= 4 is 0 Å². The molecule has 0 radical (unpaired) electrons. The Hall–Kier alpha value is -0.0800. The van der Waals surface area contributed by atoms with E-state index >= 15 is 0 Å². The maximum Gasteiger partial charge on any atom is -0.00218 e. The number of rotatable bonds is 0. The van der Waals surface area contributed by atoms with Crippen molar-refractivity contribution in [3.63, 3.8) is 0 Å². The van der Waals surface area contributed by atoms with Crippen LogP contribution in [0.2, 0.25) is 0 Å². The fourth-order valence-electron chi connectivity index (χ4n) is 2.10. The second-order valence-corrected chi connectivity index (χ2v) is 4.73. The van der Waals surface area contributed by atoms with Gasteiger partial charge in [0.2, 0.25) is 0 Å². The van der Waals surface area contributed by atoms with Crippen LogP contribution in [0.4, 0.5) is 0 Å². The third kappa shape index (κ3) is 7.80. The van der Waals surface area contributed by atoms with Crippen molar-refractivity contribution in [3.05, 3.63) is 0 Å². The molecule has 2 heterocycles. The van der Waals surface area contributed by atoms with Crippen LogP contribution >= 0.6 is 0 Å². The van der Waals surface area contributed by atoms with E-state index in [1.54, 1.807) is 0 Å². The van der Waals surface area contributed by atoms with Crippen molar-refractivity contribution in [2.45, 2.75) is 46.0 Å². The predicted molar refractivity (Wildman–Crippen MR) is 69.4 cm³/mol. The molecule has 2 fully saturated rings. The highest BCUT2D eigenvalue weighted by Crippen LogP contribution is 2.05. The van der Waals surface area contributed by atoms with Gasteiger partial charge in [0, 0.05) is 0 Å². The highest BCUT2D eigenvalue weighted by atomic mass is 15.1. The van der Waals surface area contributed by atoms with Gasteiger partial charge in [-0.1, -0.05) is 20.3 Å². The van der Waals surface area contributed by atoms with Crippen LogP contribution in [0.15, 0.2) is 0 Å². The first-order valence-electron chi connectivity index (χ1n) is 6.16. The minimum absolute atomic E-state index is 0. The summed E-state index contributed by atoms with van der Waals surface area (Å²) in [7, 11) is 4.39. The molecule has 0 aliphatic carbocycles. The van der Waals surface area contributed by atoms with Gasteiger partial charge < -0.3 is 9.80 Å². The normalized spacial score (nSPS) is 23.6. The van der Waals surface area contributed by atoms with Gasteiger partial charge in [0.05, 0.1) is 0 Å². The molecule has 0 bridgehead atoms. The highest BCUT2D eigenvalue weighted by Gasteiger charge is 2.02. The Labute approximate surface area is 96.6 Å². The predicted octanol–water partition coefficient (Wildman–Crippen LogP) is 2.84. The Balaban J connectivity index is 0.000000245. The van der Waals surface area contributed by atoms with E-state index in [-0.39, 0.29) is 7.43 Å². The van der Waals surface area contributed by atoms with Crippen molar-refractivity contribution in [2.24, 2.45) is 0 Å². The zero-order chi connectivity index (χ0) is 10.2. The number of nitrogens with zero attached hydrogens (tertiary/aromatic N) is 2. The fourth-order valence-corrected chi connectivity index (χ4v) is 2.10. The lowest BCUT2D eigenvalue weighted by Gasteiger charge is -2.20. The number of piperidine rings is 2. The molecule has 2 heteroatoms. The molecule has 2 rings (SSSR count). The van der Waals surface area contributed by atoms with Crippen LogP contribution in [-0.4, -0.2) is 50.1 Å². The lowest BCUT2D eigenvalue weighted by atomic mass is 10.1. The summed E-state index contributed by atoms with van der Waals surface area (Å²) < 4.78 is 0. The van der Waals surface area contributed by atoms with Gasteiger partial charge in [-0.2, -0.15) is 0 Å². The summed E-state index contributed by atoms with van der Waals surface area (Å²) in [4.78, 5) is 4.78. The van der Waals surface area contributed by atoms with E-state index in [0.717, 1.165) is 0 Å². The first-order chi connectivity index (χ1) is 6.79. The van der Waals surface area contributed by atoms with Crippen LogP contribution in [0.1, 0.15) is 46.0 Å². The Morgan fingerprint density at radius 1 is 0.533 bits per heavy atom. The lowest BCUT2D eigenvalue weighted by molar-refractivity contribution is 0.277. The fraction of sp³-hybridized carbons (Fsp3) is 1.00. The Kier molecular flexibility index (Phi) is 9.12. The van der Waals surface area contributed by atoms with Crippen LogP contribution in [-0.2, 0) is 0 Å². The van der Waals surface area contributed by atoms with E-state index in [1.807, 2.05) is 0 Å². The molecule has 15 heavy (non-hydrogen) atoms. The molecule has 92 valence electrons. The molecule has 0 N–H and O–H groups in total. The molecule has 2 nitrogen and oxygen atoms in total.